The van der Waals surface area contributed by atoms with Crippen LogP contribution in [0, 0.1) is 0 Å². The van der Waals surface area contributed by atoms with Gasteiger partial charge in [-0.05, 0) is 25.5 Å². The molecule has 4 nitrogen and oxygen atoms in total. The Morgan fingerprint density at radius 2 is 2.41 bits per heavy atom. The quantitative estimate of drug-likeness (QED) is 0.868. The largest absolute Gasteiger partial charge is 0.387 e. The van der Waals surface area contributed by atoms with Crippen LogP contribution in [0.15, 0.2) is 18.3 Å². The number of aromatic nitrogens is 1. The van der Waals surface area contributed by atoms with Crippen molar-refractivity contribution in [3.63, 3.8) is 0 Å². The van der Waals surface area contributed by atoms with Crippen molar-refractivity contribution in [2.45, 2.75) is 32.5 Å². The highest BCUT2D eigenvalue weighted by molar-refractivity contribution is 5.45. The molecule has 2 rings (SSSR count). The fourth-order valence-electron chi connectivity index (χ4n) is 2.03. The molecule has 1 aliphatic rings. The molecule has 0 spiro atoms. The predicted molar refractivity (Wildman–Crippen MR) is 67.1 cm³/mol. The second-order valence-corrected chi connectivity index (χ2v) is 4.46. The van der Waals surface area contributed by atoms with Crippen molar-refractivity contribution in [2.24, 2.45) is 0 Å². The minimum absolute atomic E-state index is 0.320. The van der Waals surface area contributed by atoms with Crippen molar-refractivity contribution in [3.05, 3.63) is 24.0 Å². The van der Waals surface area contributed by atoms with E-state index in [1.165, 1.54) is 0 Å². The summed E-state index contributed by atoms with van der Waals surface area (Å²) in [6, 6.07) is 3.91. The standard InChI is InChI=1S/C13H20N2O2/c1-3-12-9-15(6-7-17-12)11-4-5-13(10(2)16)14-8-11/h4-5,8,10,12,16H,3,6-7,9H2,1-2H3/t10-,12?/m0/s1. The van der Waals surface area contributed by atoms with Crippen LogP contribution in [0.3, 0.4) is 0 Å². The Kier molecular flexibility index (Phi) is 3.97. The lowest BCUT2D eigenvalue weighted by Crippen LogP contribution is -2.42. The second-order valence-electron chi connectivity index (χ2n) is 4.46. The van der Waals surface area contributed by atoms with Gasteiger partial charge in [0.25, 0.3) is 0 Å². The number of hydrogen-bond donors (Lipinski definition) is 1. The van der Waals surface area contributed by atoms with Crippen LogP contribution in [-0.4, -0.2) is 35.9 Å². The fraction of sp³-hybridized carbons (Fsp3) is 0.615. The smallest absolute Gasteiger partial charge is 0.0931 e. The van der Waals surface area contributed by atoms with Gasteiger partial charge in [-0.1, -0.05) is 6.92 Å². The second kappa shape index (κ2) is 5.47. The maximum absolute atomic E-state index is 9.41. The predicted octanol–water partition coefficient (Wildman–Crippen LogP) is 1.75. The highest BCUT2D eigenvalue weighted by Crippen LogP contribution is 2.19. The summed E-state index contributed by atoms with van der Waals surface area (Å²) in [5.41, 5.74) is 1.82. The molecule has 1 fully saturated rings. The van der Waals surface area contributed by atoms with E-state index in [1.807, 2.05) is 18.3 Å². The molecule has 0 radical (unpaired) electrons. The molecule has 0 aliphatic carbocycles. The van der Waals surface area contributed by atoms with E-state index >= 15 is 0 Å². The number of aliphatic hydroxyl groups excluding tert-OH is 1. The van der Waals surface area contributed by atoms with Gasteiger partial charge in [0, 0.05) is 13.1 Å². The molecular formula is C13H20N2O2. The average Bonchev–Trinajstić information content (AvgIpc) is 2.39. The maximum Gasteiger partial charge on any atom is 0.0931 e. The van der Waals surface area contributed by atoms with Crippen molar-refractivity contribution >= 4 is 5.69 Å². The van der Waals surface area contributed by atoms with Crippen LogP contribution in [0.1, 0.15) is 32.1 Å². The minimum atomic E-state index is -0.503. The molecule has 2 atom stereocenters. The van der Waals surface area contributed by atoms with Crippen molar-refractivity contribution in [1.29, 1.82) is 0 Å². The topological polar surface area (TPSA) is 45.6 Å². The summed E-state index contributed by atoms with van der Waals surface area (Å²) >= 11 is 0. The highest BCUT2D eigenvalue weighted by Gasteiger charge is 2.19. The molecule has 0 bridgehead atoms. The summed E-state index contributed by atoms with van der Waals surface area (Å²) in [6.07, 6.45) is 2.69. The van der Waals surface area contributed by atoms with Crippen LogP contribution in [0.4, 0.5) is 5.69 Å². The van der Waals surface area contributed by atoms with Gasteiger partial charge in [-0.25, -0.2) is 0 Å². The molecule has 2 heterocycles. The fourth-order valence-corrected chi connectivity index (χ4v) is 2.03. The van der Waals surface area contributed by atoms with E-state index in [0.29, 0.717) is 11.8 Å². The third kappa shape index (κ3) is 2.96. The van der Waals surface area contributed by atoms with Gasteiger partial charge >= 0.3 is 0 Å². The number of pyridine rings is 1. The molecule has 17 heavy (non-hydrogen) atoms. The number of nitrogens with zero attached hydrogens (tertiary/aromatic N) is 2. The molecule has 0 aromatic carbocycles. The van der Waals surface area contributed by atoms with Gasteiger partial charge in [0.15, 0.2) is 0 Å². The Bertz CT molecular complexity index is 351. The van der Waals surface area contributed by atoms with Crippen molar-refractivity contribution in [2.75, 3.05) is 24.6 Å². The van der Waals surface area contributed by atoms with Crippen LogP contribution in [-0.2, 0) is 4.74 Å². The summed E-state index contributed by atoms with van der Waals surface area (Å²) in [6.45, 7) is 6.47. The Morgan fingerprint density at radius 1 is 1.59 bits per heavy atom. The molecular weight excluding hydrogens is 216 g/mol. The molecule has 1 unspecified atom stereocenters. The Hall–Kier alpha value is -1.13. The Balaban J connectivity index is 2.06. The van der Waals surface area contributed by atoms with E-state index < -0.39 is 6.10 Å². The SMILES string of the molecule is CCC1CN(c2ccc([C@H](C)O)nc2)CCO1. The lowest BCUT2D eigenvalue weighted by Gasteiger charge is -2.34. The Morgan fingerprint density at radius 3 is 3.00 bits per heavy atom. The van der Waals surface area contributed by atoms with E-state index in [9.17, 15) is 5.11 Å². The number of aliphatic hydroxyl groups is 1. The van der Waals surface area contributed by atoms with Gasteiger partial charge in [-0.2, -0.15) is 0 Å². The molecule has 1 aliphatic heterocycles. The molecule has 1 aromatic heterocycles. The van der Waals surface area contributed by atoms with Crippen molar-refractivity contribution in [1.82, 2.24) is 4.98 Å². The molecule has 1 N–H and O–H groups in total. The first-order chi connectivity index (χ1) is 8.20. The van der Waals surface area contributed by atoms with E-state index in [-0.39, 0.29) is 0 Å². The van der Waals surface area contributed by atoms with E-state index in [2.05, 4.69) is 16.8 Å². The zero-order valence-corrected chi connectivity index (χ0v) is 10.5. The van der Waals surface area contributed by atoms with E-state index in [1.54, 1.807) is 6.92 Å². The summed E-state index contributed by atoms with van der Waals surface area (Å²) in [5, 5.41) is 9.41. The summed E-state index contributed by atoms with van der Waals surface area (Å²) in [5.74, 6) is 0. The lowest BCUT2D eigenvalue weighted by atomic mass is 10.2. The van der Waals surface area contributed by atoms with Gasteiger partial charge < -0.3 is 14.7 Å². The van der Waals surface area contributed by atoms with Crippen LogP contribution >= 0.6 is 0 Å². The van der Waals surface area contributed by atoms with Crippen LogP contribution in [0.2, 0.25) is 0 Å². The molecule has 4 heteroatoms. The minimum Gasteiger partial charge on any atom is -0.387 e. The summed E-state index contributed by atoms with van der Waals surface area (Å²) in [4.78, 5) is 6.56. The van der Waals surface area contributed by atoms with Crippen LogP contribution in [0.5, 0.6) is 0 Å². The van der Waals surface area contributed by atoms with Gasteiger partial charge in [-0.3, -0.25) is 4.98 Å². The number of ether oxygens (including phenoxy) is 1. The average molecular weight is 236 g/mol. The third-order valence-corrected chi connectivity index (χ3v) is 3.16. The number of rotatable bonds is 3. The molecule has 94 valence electrons. The molecule has 1 aromatic rings. The zero-order chi connectivity index (χ0) is 12.3. The van der Waals surface area contributed by atoms with Crippen molar-refractivity contribution < 1.29 is 9.84 Å². The first-order valence-corrected chi connectivity index (χ1v) is 6.21. The molecule has 1 saturated heterocycles. The third-order valence-electron chi connectivity index (χ3n) is 3.16. The summed E-state index contributed by atoms with van der Waals surface area (Å²) < 4.78 is 5.64. The molecule has 0 amide bonds. The Labute approximate surface area is 102 Å². The van der Waals surface area contributed by atoms with Crippen LogP contribution in [0.25, 0.3) is 0 Å². The first-order valence-electron chi connectivity index (χ1n) is 6.21. The lowest BCUT2D eigenvalue weighted by molar-refractivity contribution is 0.0384. The monoisotopic (exact) mass is 236 g/mol. The highest BCUT2D eigenvalue weighted by atomic mass is 16.5. The number of morpholine rings is 1. The van der Waals surface area contributed by atoms with Gasteiger partial charge in [0.1, 0.15) is 0 Å². The number of hydrogen-bond acceptors (Lipinski definition) is 4. The molecule has 0 saturated carbocycles. The normalized spacial score (nSPS) is 22.5. The zero-order valence-electron chi connectivity index (χ0n) is 10.5. The first kappa shape index (κ1) is 12.3. The number of anilines is 1. The van der Waals surface area contributed by atoms with Crippen LogP contribution < -0.4 is 4.90 Å². The van der Waals surface area contributed by atoms with Gasteiger partial charge in [0.2, 0.25) is 0 Å². The maximum atomic E-state index is 9.41. The van der Waals surface area contributed by atoms with Gasteiger partial charge in [-0.15, -0.1) is 0 Å². The van der Waals surface area contributed by atoms with E-state index in [4.69, 9.17) is 4.74 Å². The van der Waals surface area contributed by atoms with E-state index in [0.717, 1.165) is 31.8 Å². The van der Waals surface area contributed by atoms with Gasteiger partial charge in [0.05, 0.1) is 36.4 Å². The van der Waals surface area contributed by atoms with Crippen molar-refractivity contribution in [3.8, 4) is 0 Å². The summed E-state index contributed by atoms with van der Waals surface area (Å²) in [7, 11) is 0.